The molecule has 2 unspecified atom stereocenters. The molecule has 1 aromatic rings. The van der Waals surface area contributed by atoms with Gasteiger partial charge in [0, 0.05) is 21.5 Å². The van der Waals surface area contributed by atoms with Crippen LogP contribution in [0.2, 0.25) is 5.02 Å². The standard InChI is InChI=1S/C12H15BrClNO2/c1-3-11(13)8(2)6-9-7-10(14)4-5-12(9)15(16)17/h4-5,7-8,11H,3,6H2,1-2H3. The van der Waals surface area contributed by atoms with Crippen molar-refractivity contribution in [1.82, 2.24) is 0 Å². The van der Waals surface area contributed by atoms with Gasteiger partial charge in [0.2, 0.25) is 0 Å². The lowest BCUT2D eigenvalue weighted by atomic mass is 9.96. The first-order valence-corrected chi connectivity index (χ1v) is 6.82. The molecule has 0 spiro atoms. The molecular formula is C12H15BrClNO2. The Morgan fingerprint density at radius 3 is 2.71 bits per heavy atom. The van der Waals surface area contributed by atoms with E-state index in [-0.39, 0.29) is 10.6 Å². The molecule has 1 rings (SSSR count). The van der Waals surface area contributed by atoms with E-state index < -0.39 is 0 Å². The molecule has 0 heterocycles. The van der Waals surface area contributed by atoms with Crippen LogP contribution in [0.25, 0.3) is 0 Å². The highest BCUT2D eigenvalue weighted by Gasteiger charge is 2.19. The van der Waals surface area contributed by atoms with Crippen molar-refractivity contribution >= 4 is 33.2 Å². The zero-order valence-corrected chi connectivity index (χ0v) is 12.2. The summed E-state index contributed by atoms with van der Waals surface area (Å²) in [6, 6.07) is 4.71. The van der Waals surface area contributed by atoms with Gasteiger partial charge in [0.1, 0.15) is 0 Å². The van der Waals surface area contributed by atoms with E-state index in [9.17, 15) is 10.1 Å². The third kappa shape index (κ3) is 3.96. The molecule has 0 fully saturated rings. The van der Waals surface area contributed by atoms with Gasteiger partial charge in [-0.1, -0.05) is 41.4 Å². The van der Waals surface area contributed by atoms with Crippen LogP contribution in [0.15, 0.2) is 18.2 Å². The van der Waals surface area contributed by atoms with Crippen molar-refractivity contribution < 1.29 is 4.92 Å². The summed E-state index contributed by atoms with van der Waals surface area (Å²) in [7, 11) is 0. The van der Waals surface area contributed by atoms with Crippen LogP contribution < -0.4 is 0 Å². The van der Waals surface area contributed by atoms with Crippen LogP contribution in [0.4, 0.5) is 5.69 Å². The third-order valence-corrected chi connectivity index (χ3v) is 4.57. The van der Waals surface area contributed by atoms with Crippen LogP contribution in [-0.2, 0) is 6.42 Å². The Morgan fingerprint density at radius 1 is 1.53 bits per heavy atom. The van der Waals surface area contributed by atoms with Crippen molar-refractivity contribution in [3.8, 4) is 0 Å². The lowest BCUT2D eigenvalue weighted by Crippen LogP contribution is -2.13. The zero-order valence-electron chi connectivity index (χ0n) is 9.82. The van der Waals surface area contributed by atoms with Crippen LogP contribution in [0.5, 0.6) is 0 Å². The normalized spacial score (nSPS) is 14.4. The maximum Gasteiger partial charge on any atom is 0.272 e. The Balaban J connectivity index is 2.96. The maximum absolute atomic E-state index is 10.9. The van der Waals surface area contributed by atoms with E-state index in [1.807, 2.05) is 0 Å². The average molecular weight is 321 g/mol. The molecule has 5 heteroatoms. The molecule has 2 atom stereocenters. The fourth-order valence-corrected chi connectivity index (χ4v) is 2.15. The number of rotatable bonds is 5. The van der Waals surface area contributed by atoms with Gasteiger partial charge in [-0.3, -0.25) is 10.1 Å². The van der Waals surface area contributed by atoms with Crippen LogP contribution in [0, 0.1) is 16.0 Å². The molecule has 0 radical (unpaired) electrons. The summed E-state index contributed by atoms with van der Waals surface area (Å²) in [5, 5.41) is 11.4. The van der Waals surface area contributed by atoms with E-state index in [2.05, 4.69) is 29.8 Å². The molecule has 1 aromatic carbocycles. The molecule has 17 heavy (non-hydrogen) atoms. The van der Waals surface area contributed by atoms with Gasteiger partial charge in [0.05, 0.1) is 4.92 Å². The second-order valence-electron chi connectivity index (χ2n) is 4.14. The predicted molar refractivity (Wildman–Crippen MR) is 74.0 cm³/mol. The quantitative estimate of drug-likeness (QED) is 0.452. The van der Waals surface area contributed by atoms with Crippen molar-refractivity contribution in [2.75, 3.05) is 0 Å². The molecule has 0 aliphatic heterocycles. The Morgan fingerprint density at radius 2 is 2.18 bits per heavy atom. The first kappa shape index (κ1) is 14.5. The van der Waals surface area contributed by atoms with Crippen molar-refractivity contribution in [3.05, 3.63) is 38.9 Å². The van der Waals surface area contributed by atoms with Crippen LogP contribution >= 0.6 is 27.5 Å². The summed E-state index contributed by atoms with van der Waals surface area (Å²) in [6.45, 7) is 4.16. The Kier molecular flexibility index (Phi) is 5.40. The summed E-state index contributed by atoms with van der Waals surface area (Å²) in [5.74, 6) is 0.331. The molecule has 0 bridgehead atoms. The molecule has 0 saturated carbocycles. The molecular weight excluding hydrogens is 305 g/mol. The zero-order chi connectivity index (χ0) is 13.0. The van der Waals surface area contributed by atoms with Gasteiger partial charge >= 0.3 is 0 Å². The number of hydrogen-bond acceptors (Lipinski definition) is 2. The minimum atomic E-state index is -0.354. The van der Waals surface area contributed by atoms with E-state index in [1.165, 1.54) is 6.07 Å². The SMILES string of the molecule is CCC(Br)C(C)Cc1cc(Cl)ccc1[N+](=O)[O-]. The number of alkyl halides is 1. The van der Waals surface area contributed by atoms with Crippen molar-refractivity contribution in [1.29, 1.82) is 0 Å². The minimum Gasteiger partial charge on any atom is -0.258 e. The molecule has 0 aromatic heterocycles. The van der Waals surface area contributed by atoms with E-state index in [4.69, 9.17) is 11.6 Å². The van der Waals surface area contributed by atoms with E-state index in [1.54, 1.807) is 12.1 Å². The summed E-state index contributed by atoms with van der Waals surface area (Å²) in [5.41, 5.74) is 0.852. The van der Waals surface area contributed by atoms with Crippen LogP contribution in [0.3, 0.4) is 0 Å². The minimum absolute atomic E-state index is 0.150. The van der Waals surface area contributed by atoms with Gasteiger partial charge in [-0.2, -0.15) is 0 Å². The number of hydrogen-bond donors (Lipinski definition) is 0. The number of benzene rings is 1. The molecule has 94 valence electrons. The fraction of sp³-hybridized carbons (Fsp3) is 0.500. The molecule has 0 N–H and O–H groups in total. The predicted octanol–water partition coefficient (Wildman–Crippen LogP) is 4.60. The lowest BCUT2D eigenvalue weighted by Gasteiger charge is -2.16. The molecule has 0 saturated heterocycles. The highest BCUT2D eigenvalue weighted by molar-refractivity contribution is 9.09. The van der Waals surface area contributed by atoms with Gasteiger partial charge < -0.3 is 0 Å². The Labute approximate surface area is 114 Å². The van der Waals surface area contributed by atoms with Gasteiger partial charge in [-0.25, -0.2) is 0 Å². The van der Waals surface area contributed by atoms with Crippen LogP contribution in [-0.4, -0.2) is 9.75 Å². The fourth-order valence-electron chi connectivity index (χ4n) is 1.77. The molecule has 3 nitrogen and oxygen atoms in total. The molecule has 0 amide bonds. The smallest absolute Gasteiger partial charge is 0.258 e. The molecule has 0 aliphatic rings. The largest absolute Gasteiger partial charge is 0.272 e. The summed E-state index contributed by atoms with van der Waals surface area (Å²) < 4.78 is 0. The monoisotopic (exact) mass is 319 g/mol. The first-order chi connectivity index (χ1) is 7.95. The number of halogens is 2. The topological polar surface area (TPSA) is 43.1 Å². The van der Waals surface area contributed by atoms with E-state index >= 15 is 0 Å². The van der Waals surface area contributed by atoms with E-state index in [0.29, 0.717) is 27.8 Å². The summed E-state index contributed by atoms with van der Waals surface area (Å²) in [6.07, 6.45) is 1.65. The maximum atomic E-state index is 10.9. The van der Waals surface area contributed by atoms with Crippen molar-refractivity contribution in [2.45, 2.75) is 31.5 Å². The van der Waals surface area contributed by atoms with Gasteiger partial charge in [-0.15, -0.1) is 0 Å². The van der Waals surface area contributed by atoms with E-state index in [0.717, 1.165) is 6.42 Å². The Hall–Kier alpha value is -0.610. The first-order valence-electron chi connectivity index (χ1n) is 5.52. The van der Waals surface area contributed by atoms with Gasteiger partial charge in [0.25, 0.3) is 5.69 Å². The molecule has 0 aliphatic carbocycles. The van der Waals surface area contributed by atoms with Gasteiger partial charge in [-0.05, 0) is 30.9 Å². The van der Waals surface area contributed by atoms with Crippen LogP contribution in [0.1, 0.15) is 25.8 Å². The number of nitrogens with zero attached hydrogens (tertiary/aromatic N) is 1. The Bertz CT molecular complexity index is 411. The summed E-state index contributed by atoms with van der Waals surface area (Å²) >= 11 is 9.46. The third-order valence-electron chi connectivity index (χ3n) is 2.79. The second kappa shape index (κ2) is 6.36. The number of nitro groups is 1. The highest BCUT2D eigenvalue weighted by atomic mass is 79.9. The lowest BCUT2D eigenvalue weighted by molar-refractivity contribution is -0.385. The number of nitro benzene ring substituents is 1. The summed E-state index contributed by atoms with van der Waals surface area (Å²) in [4.78, 5) is 10.9. The van der Waals surface area contributed by atoms with Crippen molar-refractivity contribution in [3.63, 3.8) is 0 Å². The highest BCUT2D eigenvalue weighted by Crippen LogP contribution is 2.28. The second-order valence-corrected chi connectivity index (χ2v) is 5.75. The van der Waals surface area contributed by atoms with Crippen molar-refractivity contribution in [2.24, 2.45) is 5.92 Å². The average Bonchev–Trinajstić information content (AvgIpc) is 2.27. The van der Waals surface area contributed by atoms with Gasteiger partial charge in [0.15, 0.2) is 0 Å².